The lowest BCUT2D eigenvalue weighted by Gasteiger charge is -2.35. The van der Waals surface area contributed by atoms with Gasteiger partial charge in [0, 0.05) is 0 Å². The quantitative estimate of drug-likeness (QED) is 0.169. The van der Waals surface area contributed by atoms with E-state index in [1.165, 1.54) is 100 Å². The van der Waals surface area contributed by atoms with Crippen LogP contribution in [0.1, 0.15) is 66.8 Å². The lowest BCUT2D eigenvalue weighted by molar-refractivity contribution is 0.766. The van der Waals surface area contributed by atoms with Crippen LogP contribution in [0, 0.1) is 27.7 Å². The minimum absolute atomic E-state index is 0.455. The van der Waals surface area contributed by atoms with Crippen LogP contribution in [0.3, 0.4) is 0 Å². The number of aryl methyl sites for hydroxylation is 4. The van der Waals surface area contributed by atoms with Crippen LogP contribution in [0.4, 0.5) is 0 Å². The van der Waals surface area contributed by atoms with Gasteiger partial charge >= 0.3 is 0 Å². The van der Waals surface area contributed by atoms with E-state index in [-0.39, 0.29) is 0 Å². The molecule has 0 spiro atoms. The summed E-state index contributed by atoms with van der Waals surface area (Å²) in [6.07, 6.45) is 0. The SMILES string of the molecule is Cc1ccc(C2(c3ccc(C)cc3)c3ccccc3-c3ccc(-c4ccc5c(c4)C(c4ccc(C)cc4)(c4ccc(C)cc4)c4ccccc4-5)cc32)cc1. The summed E-state index contributed by atoms with van der Waals surface area (Å²) >= 11 is 0. The Balaban J connectivity index is 1.24. The van der Waals surface area contributed by atoms with Crippen LogP contribution in [0.25, 0.3) is 33.4 Å². The van der Waals surface area contributed by atoms with Crippen molar-refractivity contribution in [1.82, 2.24) is 0 Å². The molecule has 0 aliphatic heterocycles. The number of benzene rings is 8. The second-order valence-electron chi connectivity index (χ2n) is 15.6. The second-order valence-corrected chi connectivity index (χ2v) is 15.6. The van der Waals surface area contributed by atoms with Crippen LogP contribution in [0.15, 0.2) is 182 Å². The van der Waals surface area contributed by atoms with Crippen LogP contribution in [-0.4, -0.2) is 0 Å². The summed E-state index contributed by atoms with van der Waals surface area (Å²) in [5, 5.41) is 0. The molecule has 0 nitrogen and oxygen atoms in total. The Kier molecular flexibility index (Phi) is 7.29. The van der Waals surface area contributed by atoms with Crippen molar-refractivity contribution in [2.75, 3.05) is 0 Å². The number of fused-ring (bicyclic) bond motifs is 6. The maximum Gasteiger partial charge on any atom is 0.0713 e. The van der Waals surface area contributed by atoms with E-state index in [2.05, 4.69) is 210 Å². The van der Waals surface area contributed by atoms with E-state index in [9.17, 15) is 0 Å². The van der Waals surface area contributed by atoms with E-state index in [1.54, 1.807) is 0 Å². The number of rotatable bonds is 5. The maximum atomic E-state index is 2.50. The maximum absolute atomic E-state index is 2.50. The van der Waals surface area contributed by atoms with Gasteiger partial charge in [-0.05, 0) is 118 Å². The highest BCUT2D eigenvalue weighted by atomic mass is 14.5. The largest absolute Gasteiger partial charge is 0.0713 e. The van der Waals surface area contributed by atoms with Gasteiger partial charge in [-0.25, -0.2) is 0 Å². The van der Waals surface area contributed by atoms with Gasteiger partial charge in [0.05, 0.1) is 10.8 Å². The van der Waals surface area contributed by atoms with E-state index < -0.39 is 10.8 Å². The van der Waals surface area contributed by atoms with Gasteiger partial charge in [-0.15, -0.1) is 0 Å². The van der Waals surface area contributed by atoms with Gasteiger partial charge in [0.15, 0.2) is 0 Å². The number of hydrogen-bond acceptors (Lipinski definition) is 0. The van der Waals surface area contributed by atoms with Gasteiger partial charge in [-0.1, -0.05) is 192 Å². The predicted octanol–water partition coefficient (Wildman–Crippen LogP) is 13.3. The molecule has 0 amide bonds. The van der Waals surface area contributed by atoms with Crippen LogP contribution in [0.5, 0.6) is 0 Å². The summed E-state index contributed by atoms with van der Waals surface area (Å²) < 4.78 is 0. The third kappa shape index (κ3) is 4.56. The van der Waals surface area contributed by atoms with Crippen molar-refractivity contribution in [2.45, 2.75) is 38.5 Å². The Morgan fingerprint density at radius 2 is 0.537 bits per heavy atom. The first kappa shape index (κ1) is 32.4. The molecule has 54 heavy (non-hydrogen) atoms. The summed E-state index contributed by atoms with van der Waals surface area (Å²) in [5.41, 5.74) is 22.4. The lowest BCUT2D eigenvalue weighted by atomic mass is 9.66. The summed E-state index contributed by atoms with van der Waals surface area (Å²) in [6, 6.07) is 69.4. The van der Waals surface area contributed by atoms with Crippen molar-refractivity contribution in [3.63, 3.8) is 0 Å². The Morgan fingerprint density at radius 3 is 0.852 bits per heavy atom. The second kappa shape index (κ2) is 12.2. The Morgan fingerprint density at radius 1 is 0.259 bits per heavy atom. The van der Waals surface area contributed by atoms with Crippen LogP contribution in [-0.2, 0) is 10.8 Å². The molecule has 0 N–H and O–H groups in total. The average molecular weight is 691 g/mol. The van der Waals surface area contributed by atoms with Crippen molar-refractivity contribution in [3.05, 3.63) is 249 Å². The standard InChI is InChI=1S/C54H42/c1-35-13-23-41(24-14-35)53(42-25-15-36(2)16-26-42)49-11-7-5-9-45(49)47-31-21-39(33-51(47)53)40-22-32-48-46-10-6-8-12-50(46)54(52(48)34-40,43-27-17-37(3)18-28-43)44-29-19-38(4)20-30-44/h5-34H,1-4H3. The molecule has 10 rings (SSSR count). The van der Waals surface area contributed by atoms with Gasteiger partial charge < -0.3 is 0 Å². The molecule has 0 radical (unpaired) electrons. The van der Waals surface area contributed by atoms with Gasteiger partial charge in [-0.3, -0.25) is 0 Å². The Hall–Kier alpha value is -6.24. The Labute approximate surface area is 319 Å². The van der Waals surface area contributed by atoms with Gasteiger partial charge in [0.2, 0.25) is 0 Å². The normalized spacial score (nSPS) is 14.2. The summed E-state index contributed by atoms with van der Waals surface area (Å²) in [5.74, 6) is 0. The molecular formula is C54H42. The van der Waals surface area contributed by atoms with Gasteiger partial charge in [0.1, 0.15) is 0 Å². The van der Waals surface area contributed by atoms with E-state index in [1.807, 2.05) is 0 Å². The molecule has 0 aromatic heterocycles. The van der Waals surface area contributed by atoms with Crippen LogP contribution in [0.2, 0.25) is 0 Å². The molecule has 2 aliphatic carbocycles. The number of hydrogen-bond donors (Lipinski definition) is 0. The molecule has 0 unspecified atom stereocenters. The molecular weight excluding hydrogens is 649 g/mol. The van der Waals surface area contributed by atoms with Crippen molar-refractivity contribution in [1.29, 1.82) is 0 Å². The molecule has 0 heteroatoms. The fourth-order valence-corrected chi connectivity index (χ4v) is 9.71. The van der Waals surface area contributed by atoms with Crippen LogP contribution < -0.4 is 0 Å². The molecule has 0 fully saturated rings. The molecule has 8 aromatic rings. The lowest BCUT2D eigenvalue weighted by Crippen LogP contribution is -2.29. The van der Waals surface area contributed by atoms with Crippen molar-refractivity contribution in [3.8, 4) is 33.4 Å². The molecule has 2 aliphatic rings. The zero-order chi connectivity index (χ0) is 36.6. The Bertz CT molecular complexity index is 2420. The summed E-state index contributed by atoms with van der Waals surface area (Å²) in [6.45, 7) is 8.71. The van der Waals surface area contributed by atoms with E-state index in [4.69, 9.17) is 0 Å². The molecule has 258 valence electrons. The monoisotopic (exact) mass is 690 g/mol. The molecule has 0 bridgehead atoms. The van der Waals surface area contributed by atoms with E-state index >= 15 is 0 Å². The average Bonchev–Trinajstić information content (AvgIpc) is 3.67. The van der Waals surface area contributed by atoms with Gasteiger partial charge in [0.25, 0.3) is 0 Å². The fraction of sp³-hybridized carbons (Fsp3) is 0.111. The zero-order valence-electron chi connectivity index (χ0n) is 31.3. The van der Waals surface area contributed by atoms with Crippen LogP contribution >= 0.6 is 0 Å². The summed E-state index contributed by atoms with van der Waals surface area (Å²) in [4.78, 5) is 0. The first-order valence-corrected chi connectivity index (χ1v) is 19.2. The van der Waals surface area contributed by atoms with Crippen molar-refractivity contribution >= 4 is 0 Å². The molecule has 0 heterocycles. The highest BCUT2D eigenvalue weighted by Gasteiger charge is 2.48. The van der Waals surface area contributed by atoms with E-state index in [0.717, 1.165) is 0 Å². The molecule has 8 aromatic carbocycles. The zero-order valence-corrected chi connectivity index (χ0v) is 31.3. The fourth-order valence-electron chi connectivity index (χ4n) is 9.71. The highest BCUT2D eigenvalue weighted by Crippen LogP contribution is 2.59. The topological polar surface area (TPSA) is 0 Å². The third-order valence-corrected chi connectivity index (χ3v) is 12.4. The predicted molar refractivity (Wildman–Crippen MR) is 225 cm³/mol. The van der Waals surface area contributed by atoms with E-state index in [0.29, 0.717) is 0 Å². The summed E-state index contributed by atoms with van der Waals surface area (Å²) in [7, 11) is 0. The van der Waals surface area contributed by atoms with Crippen molar-refractivity contribution < 1.29 is 0 Å². The minimum atomic E-state index is -0.455. The first-order valence-electron chi connectivity index (χ1n) is 19.2. The molecule has 0 saturated carbocycles. The first-order chi connectivity index (χ1) is 26.4. The molecule has 0 saturated heterocycles. The van der Waals surface area contributed by atoms with Crippen molar-refractivity contribution in [2.24, 2.45) is 0 Å². The smallest absolute Gasteiger partial charge is 0.0619 e. The molecule has 0 atom stereocenters. The minimum Gasteiger partial charge on any atom is -0.0619 e. The third-order valence-electron chi connectivity index (χ3n) is 12.4. The van der Waals surface area contributed by atoms with Gasteiger partial charge in [-0.2, -0.15) is 0 Å². The highest BCUT2D eigenvalue weighted by molar-refractivity contribution is 5.91.